The highest BCUT2D eigenvalue weighted by molar-refractivity contribution is 5.95. The smallest absolute Gasteiger partial charge is 0.329 e. The van der Waals surface area contributed by atoms with Crippen molar-refractivity contribution in [3.05, 3.63) is 50.9 Å². The molecule has 1 aromatic carbocycles. The van der Waals surface area contributed by atoms with E-state index < -0.39 is 11.2 Å². The third-order valence-corrected chi connectivity index (χ3v) is 4.83. The number of aryl methyl sites for hydroxylation is 2. The van der Waals surface area contributed by atoms with Crippen LogP contribution in [0.5, 0.6) is 5.75 Å². The van der Waals surface area contributed by atoms with E-state index in [0.29, 0.717) is 23.8 Å². The topological polar surface area (TPSA) is 142 Å². The standard InChI is InChI=1S/C20H24N6O5/c1-4-26(11-15(27)21-12-7-5-6-8-13(12)31-3)16(28)10-9-14-22-17-18(23-14)25(2)20(30)24-19(17)29/h5-8H,4,9-11H2,1-3H3,(H,21,27)(H,22,23)(H,24,29,30). The van der Waals surface area contributed by atoms with Crippen LogP contribution in [0.3, 0.4) is 0 Å². The van der Waals surface area contributed by atoms with Crippen molar-refractivity contribution in [1.82, 2.24) is 24.4 Å². The number of rotatable bonds is 8. The Morgan fingerprint density at radius 3 is 2.68 bits per heavy atom. The Labute approximate surface area is 177 Å². The van der Waals surface area contributed by atoms with Gasteiger partial charge in [0.05, 0.1) is 19.3 Å². The average molecular weight is 428 g/mol. The average Bonchev–Trinajstić information content (AvgIpc) is 3.20. The summed E-state index contributed by atoms with van der Waals surface area (Å²) in [4.78, 5) is 59.3. The lowest BCUT2D eigenvalue weighted by molar-refractivity contribution is -0.134. The van der Waals surface area contributed by atoms with E-state index in [1.807, 2.05) is 0 Å². The Balaban J connectivity index is 1.63. The van der Waals surface area contributed by atoms with Crippen molar-refractivity contribution in [2.45, 2.75) is 19.8 Å². The van der Waals surface area contributed by atoms with Gasteiger partial charge in [0.1, 0.15) is 17.1 Å². The third kappa shape index (κ3) is 4.82. The van der Waals surface area contributed by atoms with Crippen LogP contribution in [0.25, 0.3) is 11.2 Å². The highest BCUT2D eigenvalue weighted by atomic mass is 16.5. The van der Waals surface area contributed by atoms with E-state index in [2.05, 4.69) is 20.3 Å². The summed E-state index contributed by atoms with van der Waals surface area (Å²) in [6, 6.07) is 7.01. The van der Waals surface area contributed by atoms with Gasteiger partial charge in [0.15, 0.2) is 5.65 Å². The summed E-state index contributed by atoms with van der Waals surface area (Å²) in [5.74, 6) is 0.356. The molecule has 3 aromatic rings. The molecule has 0 fully saturated rings. The number of ether oxygens (including phenoxy) is 1. The fourth-order valence-corrected chi connectivity index (χ4v) is 3.14. The van der Waals surface area contributed by atoms with Crippen LogP contribution in [-0.2, 0) is 23.1 Å². The number of aromatic nitrogens is 4. The van der Waals surface area contributed by atoms with Crippen molar-refractivity contribution >= 4 is 28.7 Å². The number of amides is 2. The van der Waals surface area contributed by atoms with Gasteiger partial charge in [-0.05, 0) is 19.1 Å². The number of anilines is 1. The molecule has 3 N–H and O–H groups in total. The minimum atomic E-state index is -0.565. The SMILES string of the molecule is CCN(CC(=O)Nc1ccccc1OC)C(=O)CCc1nc2c([nH]1)c(=O)[nH]c(=O)n2C. The van der Waals surface area contributed by atoms with Gasteiger partial charge in [-0.3, -0.25) is 23.9 Å². The summed E-state index contributed by atoms with van der Waals surface area (Å²) in [5.41, 5.74) is -0.208. The number of carbonyl (C=O) groups is 2. The van der Waals surface area contributed by atoms with Gasteiger partial charge in [0.25, 0.3) is 5.56 Å². The number of nitrogens with zero attached hydrogens (tertiary/aromatic N) is 3. The van der Waals surface area contributed by atoms with Crippen LogP contribution in [0, 0.1) is 0 Å². The van der Waals surface area contributed by atoms with Gasteiger partial charge >= 0.3 is 5.69 Å². The van der Waals surface area contributed by atoms with Crippen LogP contribution in [0.15, 0.2) is 33.9 Å². The molecule has 11 heteroatoms. The predicted octanol–water partition coefficient (Wildman–Crippen LogP) is 0.378. The van der Waals surface area contributed by atoms with E-state index in [4.69, 9.17) is 4.74 Å². The van der Waals surface area contributed by atoms with E-state index in [1.54, 1.807) is 31.2 Å². The van der Waals surface area contributed by atoms with Crippen LogP contribution < -0.4 is 21.3 Å². The number of aromatic amines is 2. The lowest BCUT2D eigenvalue weighted by atomic mass is 10.2. The van der Waals surface area contributed by atoms with E-state index in [9.17, 15) is 19.2 Å². The van der Waals surface area contributed by atoms with Crippen molar-refractivity contribution in [2.75, 3.05) is 25.5 Å². The molecule has 3 rings (SSSR count). The van der Waals surface area contributed by atoms with E-state index >= 15 is 0 Å². The third-order valence-electron chi connectivity index (χ3n) is 4.83. The molecular formula is C20H24N6O5. The fourth-order valence-electron chi connectivity index (χ4n) is 3.14. The second kappa shape index (κ2) is 9.28. The maximum absolute atomic E-state index is 12.6. The molecule has 0 aliphatic heterocycles. The zero-order chi connectivity index (χ0) is 22.5. The first-order chi connectivity index (χ1) is 14.8. The lowest BCUT2D eigenvalue weighted by Crippen LogP contribution is -2.38. The number of H-pyrrole nitrogens is 2. The molecule has 2 heterocycles. The monoisotopic (exact) mass is 428 g/mol. The Morgan fingerprint density at radius 1 is 1.23 bits per heavy atom. The first-order valence-electron chi connectivity index (χ1n) is 9.72. The van der Waals surface area contributed by atoms with Gasteiger partial charge in [0.2, 0.25) is 11.8 Å². The minimum absolute atomic E-state index is 0.0848. The zero-order valence-corrected chi connectivity index (χ0v) is 17.5. The molecule has 31 heavy (non-hydrogen) atoms. The van der Waals surface area contributed by atoms with Crippen LogP contribution in [0.1, 0.15) is 19.2 Å². The molecule has 0 aliphatic carbocycles. The number of nitrogens with one attached hydrogen (secondary N) is 3. The summed E-state index contributed by atoms with van der Waals surface area (Å²) in [5, 5.41) is 2.74. The molecule has 0 saturated carbocycles. The molecule has 0 saturated heterocycles. The molecule has 164 valence electrons. The van der Waals surface area contributed by atoms with E-state index in [-0.39, 0.29) is 42.4 Å². The molecule has 0 bridgehead atoms. The molecule has 0 atom stereocenters. The molecule has 0 aliphatic rings. The highest BCUT2D eigenvalue weighted by Crippen LogP contribution is 2.22. The number of fused-ring (bicyclic) bond motifs is 1. The van der Waals surface area contributed by atoms with Crippen LogP contribution in [-0.4, -0.2) is 56.4 Å². The summed E-state index contributed by atoms with van der Waals surface area (Å²) in [6.45, 7) is 2.03. The van der Waals surface area contributed by atoms with Gasteiger partial charge < -0.3 is 19.9 Å². The Bertz CT molecular complexity index is 1220. The van der Waals surface area contributed by atoms with Gasteiger partial charge in [0, 0.05) is 26.4 Å². The molecule has 0 unspecified atom stereocenters. The molecule has 2 amide bonds. The summed E-state index contributed by atoms with van der Waals surface area (Å²) < 4.78 is 6.43. The molecule has 0 spiro atoms. The Hall–Kier alpha value is -3.89. The number of para-hydroxylation sites is 2. The van der Waals surface area contributed by atoms with E-state index in [0.717, 1.165) is 0 Å². The van der Waals surface area contributed by atoms with Gasteiger partial charge in [-0.15, -0.1) is 0 Å². The van der Waals surface area contributed by atoms with Crippen LogP contribution in [0.2, 0.25) is 0 Å². The number of carbonyl (C=O) groups excluding carboxylic acids is 2. The zero-order valence-electron chi connectivity index (χ0n) is 17.5. The van der Waals surface area contributed by atoms with Gasteiger partial charge in [-0.1, -0.05) is 12.1 Å². The normalized spacial score (nSPS) is 10.8. The predicted molar refractivity (Wildman–Crippen MR) is 114 cm³/mol. The molecule has 0 radical (unpaired) electrons. The largest absolute Gasteiger partial charge is 0.495 e. The second-order valence-corrected chi connectivity index (χ2v) is 6.86. The van der Waals surface area contributed by atoms with Crippen molar-refractivity contribution < 1.29 is 14.3 Å². The molecule has 2 aromatic heterocycles. The number of hydrogen-bond donors (Lipinski definition) is 3. The van der Waals surface area contributed by atoms with Crippen molar-refractivity contribution in [3.8, 4) is 5.75 Å². The van der Waals surface area contributed by atoms with Crippen LogP contribution >= 0.6 is 0 Å². The number of benzene rings is 1. The molecule has 11 nitrogen and oxygen atoms in total. The fraction of sp³-hybridized carbons (Fsp3) is 0.350. The molecular weight excluding hydrogens is 404 g/mol. The number of likely N-dealkylation sites (N-methyl/N-ethyl adjacent to an activating group) is 1. The number of imidazole rings is 1. The Morgan fingerprint density at radius 2 is 1.97 bits per heavy atom. The van der Waals surface area contributed by atoms with Crippen molar-refractivity contribution in [2.24, 2.45) is 7.05 Å². The van der Waals surface area contributed by atoms with Gasteiger partial charge in [-0.2, -0.15) is 0 Å². The summed E-state index contributed by atoms with van der Waals surface area (Å²) in [7, 11) is 3.01. The van der Waals surface area contributed by atoms with Crippen molar-refractivity contribution in [1.29, 1.82) is 0 Å². The highest BCUT2D eigenvalue weighted by Gasteiger charge is 2.18. The minimum Gasteiger partial charge on any atom is -0.495 e. The number of hydrogen-bond acceptors (Lipinski definition) is 6. The lowest BCUT2D eigenvalue weighted by Gasteiger charge is -2.20. The quantitative estimate of drug-likeness (QED) is 0.473. The Kier molecular flexibility index (Phi) is 6.53. The first kappa shape index (κ1) is 21.8. The van der Waals surface area contributed by atoms with Gasteiger partial charge in [-0.25, -0.2) is 9.78 Å². The summed E-state index contributed by atoms with van der Waals surface area (Å²) >= 11 is 0. The second-order valence-electron chi connectivity index (χ2n) is 6.86. The van der Waals surface area contributed by atoms with Crippen molar-refractivity contribution in [3.63, 3.8) is 0 Å². The maximum Gasteiger partial charge on any atom is 0.329 e. The number of methoxy groups -OCH3 is 1. The maximum atomic E-state index is 12.6. The van der Waals surface area contributed by atoms with E-state index in [1.165, 1.54) is 23.6 Å². The van der Waals surface area contributed by atoms with Crippen LogP contribution in [0.4, 0.5) is 5.69 Å². The summed E-state index contributed by atoms with van der Waals surface area (Å²) in [6.07, 6.45) is 0.313. The first-order valence-corrected chi connectivity index (χ1v) is 9.72.